The van der Waals surface area contributed by atoms with Crippen LogP contribution in [0.2, 0.25) is 0 Å². The topological polar surface area (TPSA) is 105 Å². The average molecular weight is 450 g/mol. The van der Waals surface area contributed by atoms with Crippen molar-refractivity contribution in [3.8, 4) is 28.4 Å². The lowest BCUT2D eigenvalue weighted by Gasteiger charge is -2.23. The first kappa shape index (κ1) is 24.5. The number of primary amides is 1. The molecule has 2 aromatic carbocycles. The summed E-state index contributed by atoms with van der Waals surface area (Å²) in [5.74, 6) is 0.529. The number of methoxy groups -OCH3 is 3. The van der Waals surface area contributed by atoms with Crippen LogP contribution in [0.15, 0.2) is 18.2 Å². The van der Waals surface area contributed by atoms with Gasteiger partial charge in [-0.05, 0) is 49.8 Å². The number of ether oxygens (including phenoxy) is 3. The van der Waals surface area contributed by atoms with E-state index in [9.17, 15) is 13.2 Å². The van der Waals surface area contributed by atoms with Gasteiger partial charge in [0.2, 0.25) is 11.7 Å². The summed E-state index contributed by atoms with van der Waals surface area (Å²) in [6, 6.07) is 5.85. The highest BCUT2D eigenvalue weighted by atomic mass is 32.2. The SMILES string of the molecule is COc1c(CCCCS(C)(=O)=O)c(C(N)=O)c(-c2ccc(C)c(C)c2)c(OC)c1OC. The van der Waals surface area contributed by atoms with Gasteiger partial charge in [-0.15, -0.1) is 0 Å². The first-order chi connectivity index (χ1) is 14.6. The second-order valence-electron chi connectivity index (χ2n) is 7.58. The smallest absolute Gasteiger partial charge is 0.249 e. The third-order valence-corrected chi connectivity index (χ3v) is 6.34. The molecule has 0 unspecified atom stereocenters. The number of aryl methyl sites for hydroxylation is 2. The molecule has 2 aromatic rings. The normalized spacial score (nSPS) is 11.3. The first-order valence-corrected chi connectivity index (χ1v) is 12.0. The van der Waals surface area contributed by atoms with Crippen molar-refractivity contribution in [2.75, 3.05) is 33.3 Å². The quantitative estimate of drug-likeness (QED) is 0.557. The van der Waals surface area contributed by atoms with Crippen LogP contribution in [0, 0.1) is 13.8 Å². The summed E-state index contributed by atoms with van der Waals surface area (Å²) in [5.41, 5.74) is 10.2. The second kappa shape index (κ2) is 10.0. The van der Waals surface area contributed by atoms with Crippen LogP contribution in [0.4, 0.5) is 0 Å². The molecule has 2 N–H and O–H groups in total. The second-order valence-corrected chi connectivity index (χ2v) is 9.84. The molecule has 1 amide bonds. The first-order valence-electron chi connectivity index (χ1n) is 9.95. The molecule has 0 aromatic heterocycles. The molecule has 0 spiro atoms. The number of unbranched alkanes of at least 4 members (excludes halogenated alkanes) is 1. The average Bonchev–Trinajstić information content (AvgIpc) is 2.70. The number of sulfone groups is 1. The van der Waals surface area contributed by atoms with Crippen LogP contribution in [-0.4, -0.2) is 47.7 Å². The lowest BCUT2D eigenvalue weighted by molar-refractivity contribution is 0.0999. The largest absolute Gasteiger partial charge is 0.492 e. The Balaban J connectivity index is 2.78. The van der Waals surface area contributed by atoms with Gasteiger partial charge in [0.05, 0.1) is 26.9 Å². The third kappa shape index (κ3) is 5.50. The lowest BCUT2D eigenvalue weighted by Crippen LogP contribution is -2.18. The molecule has 0 bridgehead atoms. The maximum Gasteiger partial charge on any atom is 0.249 e. The number of amides is 1. The number of hydrogen-bond acceptors (Lipinski definition) is 6. The van der Waals surface area contributed by atoms with E-state index in [1.807, 2.05) is 32.0 Å². The summed E-state index contributed by atoms with van der Waals surface area (Å²) < 4.78 is 39.8. The van der Waals surface area contributed by atoms with Crippen LogP contribution in [0.1, 0.15) is 39.9 Å². The van der Waals surface area contributed by atoms with Crippen LogP contribution in [0.3, 0.4) is 0 Å². The molecule has 0 radical (unpaired) electrons. The molecule has 0 saturated heterocycles. The molecule has 0 heterocycles. The van der Waals surface area contributed by atoms with Gasteiger partial charge in [-0.1, -0.05) is 18.2 Å². The number of rotatable bonds is 10. The van der Waals surface area contributed by atoms with Gasteiger partial charge in [0, 0.05) is 23.1 Å². The molecule has 0 aliphatic rings. The Hall–Kier alpha value is -2.74. The number of carbonyl (C=O) groups excluding carboxylic acids is 1. The molecule has 0 atom stereocenters. The highest BCUT2D eigenvalue weighted by Gasteiger charge is 2.29. The van der Waals surface area contributed by atoms with Crippen molar-refractivity contribution in [2.45, 2.75) is 33.1 Å². The Morgan fingerprint density at radius 2 is 1.55 bits per heavy atom. The van der Waals surface area contributed by atoms with Crippen molar-refractivity contribution in [3.05, 3.63) is 40.5 Å². The molecule has 31 heavy (non-hydrogen) atoms. The molecule has 2 rings (SSSR count). The zero-order chi connectivity index (χ0) is 23.3. The van der Waals surface area contributed by atoms with E-state index in [4.69, 9.17) is 19.9 Å². The van der Waals surface area contributed by atoms with Crippen molar-refractivity contribution in [3.63, 3.8) is 0 Å². The zero-order valence-electron chi connectivity index (χ0n) is 19.0. The molecular formula is C23H31NO6S. The van der Waals surface area contributed by atoms with Crippen molar-refractivity contribution in [1.82, 2.24) is 0 Å². The van der Waals surface area contributed by atoms with E-state index in [2.05, 4.69) is 0 Å². The van der Waals surface area contributed by atoms with Crippen LogP contribution < -0.4 is 19.9 Å². The Morgan fingerprint density at radius 3 is 2.03 bits per heavy atom. The van der Waals surface area contributed by atoms with Gasteiger partial charge in [-0.25, -0.2) is 8.42 Å². The summed E-state index contributed by atoms with van der Waals surface area (Å²) in [7, 11) is 1.41. The summed E-state index contributed by atoms with van der Waals surface area (Å²) in [4.78, 5) is 12.7. The minimum atomic E-state index is -3.07. The fraction of sp³-hybridized carbons (Fsp3) is 0.435. The van der Waals surface area contributed by atoms with Crippen molar-refractivity contribution in [2.24, 2.45) is 5.73 Å². The van der Waals surface area contributed by atoms with E-state index in [-0.39, 0.29) is 11.3 Å². The molecular weight excluding hydrogens is 418 g/mol. The van der Waals surface area contributed by atoms with E-state index in [0.29, 0.717) is 47.6 Å². The maximum absolute atomic E-state index is 12.7. The number of nitrogens with two attached hydrogens (primary N) is 1. The van der Waals surface area contributed by atoms with Gasteiger partial charge in [-0.3, -0.25) is 4.79 Å². The maximum atomic E-state index is 12.7. The number of benzene rings is 2. The molecule has 0 fully saturated rings. The molecule has 8 heteroatoms. The van der Waals surface area contributed by atoms with Crippen LogP contribution in [0.25, 0.3) is 11.1 Å². The Kier molecular flexibility index (Phi) is 7.95. The van der Waals surface area contributed by atoms with E-state index < -0.39 is 15.7 Å². The van der Waals surface area contributed by atoms with Crippen LogP contribution in [-0.2, 0) is 16.3 Å². The number of hydrogen-bond donors (Lipinski definition) is 1. The van der Waals surface area contributed by atoms with Crippen molar-refractivity contribution >= 4 is 15.7 Å². The highest BCUT2D eigenvalue weighted by Crippen LogP contribution is 2.50. The predicted molar refractivity (Wildman–Crippen MR) is 122 cm³/mol. The van der Waals surface area contributed by atoms with Gasteiger partial charge < -0.3 is 19.9 Å². The van der Waals surface area contributed by atoms with E-state index in [1.165, 1.54) is 27.6 Å². The lowest BCUT2D eigenvalue weighted by atomic mass is 9.89. The fourth-order valence-corrected chi connectivity index (χ4v) is 4.41. The Morgan fingerprint density at radius 1 is 0.935 bits per heavy atom. The Labute approximate surface area is 184 Å². The summed E-state index contributed by atoms with van der Waals surface area (Å²) in [6.07, 6.45) is 2.59. The number of carbonyl (C=O) groups is 1. The van der Waals surface area contributed by atoms with Gasteiger partial charge >= 0.3 is 0 Å². The van der Waals surface area contributed by atoms with Gasteiger partial charge in [-0.2, -0.15) is 0 Å². The van der Waals surface area contributed by atoms with Gasteiger partial charge in [0.15, 0.2) is 11.5 Å². The molecule has 0 saturated carbocycles. The third-order valence-electron chi connectivity index (χ3n) is 5.31. The standard InChI is InChI=1S/C23H31NO6S/c1-14-10-11-16(13-15(14)2)18-19(23(24)25)17(9-7-8-12-31(6,26)27)20(28-3)22(30-5)21(18)29-4/h10-11,13H,7-9,12H2,1-6H3,(H2,24,25). The minimum absolute atomic E-state index is 0.0680. The van der Waals surface area contributed by atoms with E-state index in [0.717, 1.165) is 16.7 Å². The van der Waals surface area contributed by atoms with Crippen LogP contribution >= 0.6 is 0 Å². The van der Waals surface area contributed by atoms with Gasteiger partial charge in [0.25, 0.3) is 0 Å². The fourth-order valence-electron chi connectivity index (χ4n) is 3.68. The highest BCUT2D eigenvalue weighted by molar-refractivity contribution is 7.90. The van der Waals surface area contributed by atoms with Crippen molar-refractivity contribution < 1.29 is 27.4 Å². The molecule has 170 valence electrons. The molecule has 0 aliphatic heterocycles. The monoisotopic (exact) mass is 449 g/mol. The zero-order valence-corrected chi connectivity index (χ0v) is 19.8. The predicted octanol–water partition coefficient (Wildman–Crippen LogP) is 3.46. The summed E-state index contributed by atoms with van der Waals surface area (Å²) in [5, 5.41) is 0. The summed E-state index contributed by atoms with van der Waals surface area (Å²) in [6.45, 7) is 4.00. The molecule has 7 nitrogen and oxygen atoms in total. The Bertz CT molecular complexity index is 1080. The molecule has 0 aliphatic carbocycles. The van der Waals surface area contributed by atoms with Gasteiger partial charge in [0.1, 0.15) is 9.84 Å². The van der Waals surface area contributed by atoms with E-state index in [1.54, 1.807) is 0 Å². The van der Waals surface area contributed by atoms with E-state index >= 15 is 0 Å². The van der Waals surface area contributed by atoms with Crippen molar-refractivity contribution in [1.29, 1.82) is 0 Å². The summed E-state index contributed by atoms with van der Waals surface area (Å²) >= 11 is 0. The van der Waals surface area contributed by atoms with Crippen LogP contribution in [0.5, 0.6) is 17.2 Å². The minimum Gasteiger partial charge on any atom is -0.492 e.